The van der Waals surface area contributed by atoms with E-state index in [-0.39, 0.29) is 0 Å². The minimum Gasteiger partial charge on any atom is -0.324 e. The van der Waals surface area contributed by atoms with Gasteiger partial charge in [-0.1, -0.05) is 6.07 Å². The van der Waals surface area contributed by atoms with E-state index >= 15 is 0 Å². The minimum absolute atomic E-state index is 0.438. The molecule has 1 atom stereocenters. The van der Waals surface area contributed by atoms with Crippen LogP contribution in [0.1, 0.15) is 17.3 Å². The zero-order chi connectivity index (χ0) is 12.3. The van der Waals surface area contributed by atoms with E-state index < -0.39 is 17.7 Å². The van der Waals surface area contributed by atoms with Crippen LogP contribution in [0.15, 0.2) is 42.6 Å². The largest absolute Gasteiger partial charge is 0.324 e. The highest BCUT2D eigenvalue weighted by atomic mass is 19.1. The molecule has 0 saturated heterocycles. The van der Waals surface area contributed by atoms with Crippen molar-refractivity contribution in [3.63, 3.8) is 0 Å². The molecule has 0 bridgehead atoms. The maximum Gasteiger partial charge on any atom is 0.126 e. The third-order valence-corrected chi connectivity index (χ3v) is 2.47. The van der Waals surface area contributed by atoms with Crippen LogP contribution in [0.2, 0.25) is 0 Å². The smallest absolute Gasteiger partial charge is 0.126 e. The molecule has 4 heteroatoms. The van der Waals surface area contributed by atoms with Crippen LogP contribution in [0.25, 0.3) is 0 Å². The molecule has 17 heavy (non-hydrogen) atoms. The van der Waals surface area contributed by atoms with Gasteiger partial charge in [0.1, 0.15) is 11.6 Å². The van der Waals surface area contributed by atoms with Gasteiger partial charge in [-0.15, -0.1) is 0 Å². The molecule has 0 fully saturated rings. The number of nitrogens with two attached hydrogens (primary N) is 1. The summed E-state index contributed by atoms with van der Waals surface area (Å²) in [6.07, 6.45) is 2.11. The Balaban J connectivity index is 2.17. The van der Waals surface area contributed by atoms with E-state index in [2.05, 4.69) is 4.98 Å². The molecule has 1 aromatic heterocycles. The van der Waals surface area contributed by atoms with Gasteiger partial charge in [0.25, 0.3) is 0 Å². The van der Waals surface area contributed by atoms with Crippen LogP contribution in [-0.4, -0.2) is 4.98 Å². The summed E-state index contributed by atoms with van der Waals surface area (Å²) in [5.74, 6) is -1.23. The molecule has 0 aliphatic rings. The number of hydrogen-bond acceptors (Lipinski definition) is 2. The van der Waals surface area contributed by atoms with Gasteiger partial charge in [0, 0.05) is 30.4 Å². The summed E-state index contributed by atoms with van der Waals surface area (Å²) < 4.78 is 26.0. The molecule has 2 nitrogen and oxygen atoms in total. The quantitative estimate of drug-likeness (QED) is 0.886. The summed E-state index contributed by atoms with van der Waals surface area (Å²) >= 11 is 0. The summed E-state index contributed by atoms with van der Waals surface area (Å²) in [5.41, 5.74) is 7.13. The Morgan fingerprint density at radius 2 is 1.82 bits per heavy atom. The van der Waals surface area contributed by atoms with Crippen LogP contribution in [0.4, 0.5) is 8.78 Å². The molecule has 88 valence electrons. The summed E-state index contributed by atoms with van der Waals surface area (Å²) in [6.45, 7) is 0. The number of benzene rings is 1. The lowest BCUT2D eigenvalue weighted by Crippen LogP contribution is -2.14. The second-order valence-electron chi connectivity index (χ2n) is 3.83. The lowest BCUT2D eigenvalue weighted by molar-refractivity contribution is 0.572. The van der Waals surface area contributed by atoms with Crippen molar-refractivity contribution in [1.82, 2.24) is 4.98 Å². The third-order valence-electron chi connectivity index (χ3n) is 2.47. The van der Waals surface area contributed by atoms with Crippen molar-refractivity contribution in [3.8, 4) is 0 Å². The zero-order valence-corrected chi connectivity index (χ0v) is 9.11. The number of halogens is 2. The second kappa shape index (κ2) is 5.01. The Bertz CT molecular complexity index is 480. The van der Waals surface area contributed by atoms with E-state index in [1.165, 1.54) is 12.1 Å². The Hall–Kier alpha value is -1.81. The average Bonchev–Trinajstić information content (AvgIpc) is 2.29. The molecule has 0 saturated carbocycles. The molecule has 0 amide bonds. The topological polar surface area (TPSA) is 38.9 Å². The standard InChI is InChI=1S/C13H12F2N2/c14-10-5-9(6-11(15)7-10)13(16)8-12-3-1-2-4-17-12/h1-7,13H,8,16H2. The van der Waals surface area contributed by atoms with Gasteiger partial charge in [-0.3, -0.25) is 4.98 Å². The lowest BCUT2D eigenvalue weighted by Gasteiger charge is -2.11. The van der Waals surface area contributed by atoms with Gasteiger partial charge >= 0.3 is 0 Å². The van der Waals surface area contributed by atoms with Gasteiger partial charge in [-0.05, 0) is 29.8 Å². The molecule has 2 N–H and O–H groups in total. The molecule has 1 aromatic carbocycles. The maximum absolute atomic E-state index is 13.0. The van der Waals surface area contributed by atoms with Crippen molar-refractivity contribution in [3.05, 3.63) is 65.5 Å². The molecule has 1 heterocycles. The van der Waals surface area contributed by atoms with Gasteiger partial charge in [-0.25, -0.2) is 8.78 Å². The molecular formula is C13H12F2N2. The normalized spacial score (nSPS) is 12.4. The predicted molar refractivity (Wildman–Crippen MR) is 61.2 cm³/mol. The molecule has 2 aromatic rings. The van der Waals surface area contributed by atoms with E-state index in [9.17, 15) is 8.78 Å². The molecule has 2 rings (SSSR count). The fraction of sp³-hybridized carbons (Fsp3) is 0.154. The first-order valence-corrected chi connectivity index (χ1v) is 5.26. The van der Waals surface area contributed by atoms with Gasteiger partial charge in [-0.2, -0.15) is 0 Å². The summed E-state index contributed by atoms with van der Waals surface area (Å²) in [7, 11) is 0. The Labute approximate surface area is 98.1 Å². The number of rotatable bonds is 3. The monoisotopic (exact) mass is 234 g/mol. The van der Waals surface area contributed by atoms with Crippen molar-refractivity contribution < 1.29 is 8.78 Å². The number of hydrogen-bond donors (Lipinski definition) is 1. The fourth-order valence-corrected chi connectivity index (χ4v) is 1.65. The fourth-order valence-electron chi connectivity index (χ4n) is 1.65. The van der Waals surface area contributed by atoms with Crippen molar-refractivity contribution in [1.29, 1.82) is 0 Å². The van der Waals surface area contributed by atoms with Crippen LogP contribution in [0.5, 0.6) is 0 Å². The highest BCUT2D eigenvalue weighted by molar-refractivity contribution is 5.22. The van der Waals surface area contributed by atoms with Gasteiger partial charge in [0.05, 0.1) is 0 Å². The summed E-state index contributed by atoms with van der Waals surface area (Å²) in [5, 5.41) is 0. The highest BCUT2D eigenvalue weighted by Crippen LogP contribution is 2.17. The second-order valence-corrected chi connectivity index (χ2v) is 3.83. The molecule has 0 radical (unpaired) electrons. The maximum atomic E-state index is 13.0. The Morgan fingerprint density at radius 1 is 1.12 bits per heavy atom. The highest BCUT2D eigenvalue weighted by Gasteiger charge is 2.10. The van der Waals surface area contributed by atoms with Gasteiger partial charge in [0.2, 0.25) is 0 Å². The van der Waals surface area contributed by atoms with Crippen LogP contribution >= 0.6 is 0 Å². The first-order valence-electron chi connectivity index (χ1n) is 5.26. The first-order chi connectivity index (χ1) is 8.15. The SMILES string of the molecule is NC(Cc1ccccn1)c1cc(F)cc(F)c1. The van der Waals surface area contributed by atoms with E-state index in [4.69, 9.17) is 5.73 Å². The third kappa shape index (κ3) is 3.07. The van der Waals surface area contributed by atoms with Crippen molar-refractivity contribution in [2.45, 2.75) is 12.5 Å². The van der Waals surface area contributed by atoms with Gasteiger partial charge < -0.3 is 5.73 Å². The number of aromatic nitrogens is 1. The average molecular weight is 234 g/mol. The van der Waals surface area contributed by atoms with Crippen LogP contribution in [0.3, 0.4) is 0 Å². The Morgan fingerprint density at radius 3 is 2.41 bits per heavy atom. The Kier molecular flexibility index (Phi) is 3.44. The van der Waals surface area contributed by atoms with E-state index in [0.29, 0.717) is 12.0 Å². The first kappa shape index (κ1) is 11.7. The predicted octanol–water partition coefficient (Wildman–Crippen LogP) is 2.60. The molecular weight excluding hydrogens is 222 g/mol. The number of pyridine rings is 1. The van der Waals surface area contributed by atoms with Crippen LogP contribution in [-0.2, 0) is 6.42 Å². The van der Waals surface area contributed by atoms with Crippen molar-refractivity contribution in [2.75, 3.05) is 0 Å². The molecule has 1 unspecified atom stereocenters. The lowest BCUT2D eigenvalue weighted by atomic mass is 10.0. The summed E-state index contributed by atoms with van der Waals surface area (Å²) in [6, 6.07) is 8.34. The molecule has 0 aliphatic carbocycles. The van der Waals surface area contributed by atoms with Crippen molar-refractivity contribution >= 4 is 0 Å². The zero-order valence-electron chi connectivity index (χ0n) is 9.11. The molecule has 0 aliphatic heterocycles. The van der Waals surface area contributed by atoms with Crippen molar-refractivity contribution in [2.24, 2.45) is 5.73 Å². The number of nitrogens with zero attached hydrogens (tertiary/aromatic N) is 1. The minimum atomic E-state index is -0.614. The van der Waals surface area contributed by atoms with Crippen LogP contribution < -0.4 is 5.73 Å². The van der Waals surface area contributed by atoms with Crippen LogP contribution in [0, 0.1) is 11.6 Å². The molecule has 0 spiro atoms. The van der Waals surface area contributed by atoms with E-state index in [0.717, 1.165) is 11.8 Å². The van der Waals surface area contributed by atoms with E-state index in [1.54, 1.807) is 12.3 Å². The van der Waals surface area contributed by atoms with E-state index in [1.807, 2.05) is 12.1 Å². The van der Waals surface area contributed by atoms with Gasteiger partial charge in [0.15, 0.2) is 0 Å². The summed E-state index contributed by atoms with van der Waals surface area (Å²) in [4.78, 5) is 4.12.